The molecule has 0 aliphatic carbocycles. The third kappa shape index (κ3) is 4.25. The minimum absolute atomic E-state index is 0.112. The van der Waals surface area contributed by atoms with Crippen molar-refractivity contribution in [2.24, 2.45) is 0 Å². The summed E-state index contributed by atoms with van der Waals surface area (Å²) in [6.07, 6.45) is 1.53. The Kier molecular flexibility index (Phi) is 5.61. The maximum absolute atomic E-state index is 12.4. The first-order valence-electron chi connectivity index (χ1n) is 8.68. The fourth-order valence-corrected chi connectivity index (χ4v) is 3.48. The molecule has 0 radical (unpaired) electrons. The van der Waals surface area contributed by atoms with E-state index in [1.807, 2.05) is 61.2 Å². The van der Waals surface area contributed by atoms with E-state index in [4.69, 9.17) is 0 Å². The molecule has 26 heavy (non-hydrogen) atoms. The van der Waals surface area contributed by atoms with Crippen molar-refractivity contribution in [1.29, 1.82) is 0 Å². The monoisotopic (exact) mass is 415 g/mol. The van der Waals surface area contributed by atoms with Gasteiger partial charge in [-0.2, -0.15) is 0 Å². The average molecular weight is 416 g/mol. The van der Waals surface area contributed by atoms with Crippen molar-refractivity contribution < 1.29 is 9.59 Å². The SMILES string of the molecule is Cc1cc(NC(C)C(=O)Nc2cccc(Br)c2)ccc1N1CCCC1=O. The van der Waals surface area contributed by atoms with E-state index in [-0.39, 0.29) is 11.8 Å². The summed E-state index contributed by atoms with van der Waals surface area (Å²) in [6.45, 7) is 4.58. The molecule has 1 fully saturated rings. The molecule has 1 aliphatic rings. The predicted molar refractivity (Wildman–Crippen MR) is 109 cm³/mol. The van der Waals surface area contributed by atoms with E-state index in [1.54, 1.807) is 0 Å². The zero-order chi connectivity index (χ0) is 18.7. The number of benzene rings is 2. The van der Waals surface area contributed by atoms with Crippen LogP contribution in [0.25, 0.3) is 0 Å². The number of aryl methyl sites for hydroxylation is 1. The summed E-state index contributed by atoms with van der Waals surface area (Å²) < 4.78 is 0.915. The maximum atomic E-state index is 12.4. The number of rotatable bonds is 5. The van der Waals surface area contributed by atoms with Crippen LogP contribution in [0, 0.1) is 6.92 Å². The van der Waals surface area contributed by atoms with Gasteiger partial charge in [0.15, 0.2) is 0 Å². The molecule has 1 heterocycles. The topological polar surface area (TPSA) is 61.4 Å². The summed E-state index contributed by atoms with van der Waals surface area (Å²) in [7, 11) is 0. The van der Waals surface area contributed by atoms with Gasteiger partial charge in [-0.3, -0.25) is 9.59 Å². The maximum Gasteiger partial charge on any atom is 0.246 e. The molecular weight excluding hydrogens is 394 g/mol. The smallest absolute Gasteiger partial charge is 0.246 e. The van der Waals surface area contributed by atoms with Crippen LogP contribution in [0.2, 0.25) is 0 Å². The van der Waals surface area contributed by atoms with Crippen LogP contribution in [-0.2, 0) is 9.59 Å². The summed E-state index contributed by atoms with van der Waals surface area (Å²) in [5.41, 5.74) is 3.57. The highest BCUT2D eigenvalue weighted by molar-refractivity contribution is 9.10. The first-order valence-corrected chi connectivity index (χ1v) is 9.47. The van der Waals surface area contributed by atoms with Gasteiger partial charge in [0.1, 0.15) is 6.04 Å². The molecule has 2 aromatic rings. The molecule has 0 bridgehead atoms. The summed E-state index contributed by atoms with van der Waals surface area (Å²) in [5.74, 6) is 0.0649. The minimum atomic E-state index is -0.396. The Labute approximate surface area is 161 Å². The Morgan fingerprint density at radius 1 is 1.19 bits per heavy atom. The Morgan fingerprint density at radius 3 is 2.65 bits per heavy atom. The van der Waals surface area contributed by atoms with Crippen LogP contribution >= 0.6 is 15.9 Å². The van der Waals surface area contributed by atoms with Gasteiger partial charge in [-0.05, 0) is 62.2 Å². The number of hydrogen-bond acceptors (Lipinski definition) is 3. The highest BCUT2D eigenvalue weighted by atomic mass is 79.9. The van der Waals surface area contributed by atoms with Crippen molar-refractivity contribution in [2.45, 2.75) is 32.7 Å². The fourth-order valence-electron chi connectivity index (χ4n) is 3.08. The number of hydrogen-bond donors (Lipinski definition) is 2. The minimum Gasteiger partial charge on any atom is -0.374 e. The van der Waals surface area contributed by atoms with E-state index in [1.165, 1.54) is 0 Å². The largest absolute Gasteiger partial charge is 0.374 e. The lowest BCUT2D eigenvalue weighted by Crippen LogP contribution is -2.32. The molecule has 2 aromatic carbocycles. The number of nitrogens with one attached hydrogen (secondary N) is 2. The van der Waals surface area contributed by atoms with Gasteiger partial charge < -0.3 is 15.5 Å². The Morgan fingerprint density at radius 2 is 2.00 bits per heavy atom. The van der Waals surface area contributed by atoms with Crippen LogP contribution in [0.15, 0.2) is 46.9 Å². The number of carbonyl (C=O) groups is 2. The quantitative estimate of drug-likeness (QED) is 0.763. The zero-order valence-electron chi connectivity index (χ0n) is 14.9. The van der Waals surface area contributed by atoms with Gasteiger partial charge in [0, 0.05) is 34.5 Å². The fraction of sp³-hybridized carbons (Fsp3) is 0.300. The van der Waals surface area contributed by atoms with E-state index in [9.17, 15) is 9.59 Å². The Bertz CT molecular complexity index is 838. The molecule has 5 nitrogen and oxygen atoms in total. The van der Waals surface area contributed by atoms with Gasteiger partial charge >= 0.3 is 0 Å². The van der Waals surface area contributed by atoms with E-state index in [2.05, 4.69) is 26.6 Å². The molecular formula is C20H22BrN3O2. The van der Waals surface area contributed by atoms with Crippen molar-refractivity contribution in [1.82, 2.24) is 0 Å². The molecule has 1 atom stereocenters. The lowest BCUT2D eigenvalue weighted by Gasteiger charge is -2.20. The van der Waals surface area contributed by atoms with Crippen molar-refractivity contribution >= 4 is 44.8 Å². The number of carbonyl (C=O) groups excluding carboxylic acids is 2. The number of anilines is 3. The standard InChI is InChI=1S/C20H22BrN3O2/c1-13-11-17(8-9-18(13)24-10-4-7-19(24)25)22-14(2)20(26)23-16-6-3-5-15(21)12-16/h3,5-6,8-9,11-12,14,22H,4,7,10H2,1-2H3,(H,23,26). The molecule has 0 spiro atoms. The number of amides is 2. The van der Waals surface area contributed by atoms with Crippen molar-refractivity contribution in [3.8, 4) is 0 Å². The number of nitrogens with zero attached hydrogens (tertiary/aromatic N) is 1. The molecule has 0 saturated carbocycles. The van der Waals surface area contributed by atoms with Crippen molar-refractivity contribution in [2.75, 3.05) is 22.1 Å². The zero-order valence-corrected chi connectivity index (χ0v) is 16.5. The second kappa shape index (κ2) is 7.91. The van der Waals surface area contributed by atoms with Crippen molar-refractivity contribution in [3.05, 3.63) is 52.5 Å². The first kappa shape index (κ1) is 18.5. The van der Waals surface area contributed by atoms with E-state index < -0.39 is 6.04 Å². The van der Waals surface area contributed by atoms with Crippen LogP contribution < -0.4 is 15.5 Å². The summed E-state index contributed by atoms with van der Waals surface area (Å²) in [6, 6.07) is 12.9. The van der Waals surface area contributed by atoms with E-state index in [0.29, 0.717) is 6.42 Å². The lowest BCUT2D eigenvalue weighted by molar-refractivity contribution is -0.117. The molecule has 3 rings (SSSR count). The molecule has 1 saturated heterocycles. The Hall–Kier alpha value is -2.34. The molecule has 2 N–H and O–H groups in total. The van der Waals surface area contributed by atoms with Gasteiger partial charge in [-0.1, -0.05) is 22.0 Å². The van der Waals surface area contributed by atoms with Crippen molar-refractivity contribution in [3.63, 3.8) is 0 Å². The predicted octanol–water partition coefficient (Wildman–Crippen LogP) is 4.32. The van der Waals surface area contributed by atoms with Crippen LogP contribution in [-0.4, -0.2) is 24.4 Å². The Balaban J connectivity index is 1.65. The van der Waals surface area contributed by atoms with Crippen LogP contribution in [0.5, 0.6) is 0 Å². The molecule has 6 heteroatoms. The van der Waals surface area contributed by atoms with Crippen LogP contribution in [0.4, 0.5) is 17.1 Å². The summed E-state index contributed by atoms with van der Waals surface area (Å²) in [5, 5.41) is 6.11. The van der Waals surface area contributed by atoms with Gasteiger partial charge in [0.25, 0.3) is 0 Å². The normalized spacial score (nSPS) is 15.0. The van der Waals surface area contributed by atoms with Crippen LogP contribution in [0.1, 0.15) is 25.3 Å². The molecule has 1 unspecified atom stereocenters. The second-order valence-electron chi connectivity index (χ2n) is 6.52. The highest BCUT2D eigenvalue weighted by Crippen LogP contribution is 2.27. The molecule has 2 amide bonds. The summed E-state index contributed by atoms with van der Waals surface area (Å²) in [4.78, 5) is 26.2. The third-order valence-electron chi connectivity index (χ3n) is 4.43. The highest BCUT2D eigenvalue weighted by Gasteiger charge is 2.23. The van der Waals surface area contributed by atoms with Gasteiger partial charge in [-0.25, -0.2) is 0 Å². The van der Waals surface area contributed by atoms with E-state index in [0.717, 1.165) is 40.1 Å². The van der Waals surface area contributed by atoms with Gasteiger partial charge in [0.2, 0.25) is 11.8 Å². The molecule has 1 aliphatic heterocycles. The van der Waals surface area contributed by atoms with E-state index >= 15 is 0 Å². The summed E-state index contributed by atoms with van der Waals surface area (Å²) >= 11 is 3.39. The first-order chi connectivity index (χ1) is 12.4. The van der Waals surface area contributed by atoms with Crippen LogP contribution in [0.3, 0.4) is 0 Å². The third-order valence-corrected chi connectivity index (χ3v) is 4.92. The molecule has 0 aromatic heterocycles. The molecule has 136 valence electrons. The number of halogens is 1. The lowest BCUT2D eigenvalue weighted by atomic mass is 10.1. The van der Waals surface area contributed by atoms with Gasteiger partial charge in [-0.15, -0.1) is 0 Å². The van der Waals surface area contributed by atoms with Gasteiger partial charge in [0.05, 0.1) is 0 Å². The average Bonchev–Trinajstić information content (AvgIpc) is 3.01. The second-order valence-corrected chi connectivity index (χ2v) is 7.43.